The first-order valence-corrected chi connectivity index (χ1v) is 7.16. The van der Waals surface area contributed by atoms with Gasteiger partial charge in [0, 0.05) is 42.3 Å². The molecule has 1 amide bonds. The first-order valence-electron chi connectivity index (χ1n) is 6.37. The molecule has 0 spiro atoms. The van der Waals surface area contributed by atoms with Gasteiger partial charge in [0.1, 0.15) is 0 Å². The van der Waals surface area contributed by atoms with Gasteiger partial charge in [-0.2, -0.15) is 0 Å². The van der Waals surface area contributed by atoms with Crippen molar-refractivity contribution in [2.75, 3.05) is 31.1 Å². The van der Waals surface area contributed by atoms with Crippen LogP contribution in [0.3, 0.4) is 0 Å². The molecule has 1 aromatic rings. The van der Waals surface area contributed by atoms with E-state index in [1.165, 1.54) is 5.69 Å². The second-order valence-corrected chi connectivity index (χ2v) is 5.86. The molecule has 1 aliphatic rings. The van der Waals surface area contributed by atoms with Crippen molar-refractivity contribution in [3.05, 3.63) is 28.7 Å². The third kappa shape index (κ3) is 3.05. The van der Waals surface area contributed by atoms with E-state index >= 15 is 0 Å². The average molecular weight is 311 g/mol. The first kappa shape index (κ1) is 13.4. The van der Waals surface area contributed by atoms with Crippen LogP contribution in [0.4, 0.5) is 5.69 Å². The second kappa shape index (κ2) is 5.74. The van der Waals surface area contributed by atoms with Crippen molar-refractivity contribution in [3.8, 4) is 0 Å². The zero-order valence-corrected chi connectivity index (χ0v) is 12.5. The quantitative estimate of drug-likeness (QED) is 0.838. The molecule has 1 aliphatic heterocycles. The number of nitrogens with zero attached hydrogens (tertiary/aromatic N) is 2. The van der Waals surface area contributed by atoms with Crippen LogP contribution in [0.1, 0.15) is 13.8 Å². The summed E-state index contributed by atoms with van der Waals surface area (Å²) in [6.07, 6.45) is 0. The molecular formula is C14H19BrN2O. The summed E-state index contributed by atoms with van der Waals surface area (Å²) in [6.45, 7) is 7.39. The van der Waals surface area contributed by atoms with Crippen LogP contribution < -0.4 is 4.90 Å². The normalized spacial score (nSPS) is 16.2. The van der Waals surface area contributed by atoms with E-state index in [9.17, 15) is 4.79 Å². The van der Waals surface area contributed by atoms with E-state index in [0.717, 1.165) is 30.7 Å². The van der Waals surface area contributed by atoms with Crippen LogP contribution in [0.15, 0.2) is 28.7 Å². The van der Waals surface area contributed by atoms with E-state index in [0.29, 0.717) is 0 Å². The van der Waals surface area contributed by atoms with E-state index in [1.54, 1.807) is 0 Å². The van der Waals surface area contributed by atoms with E-state index in [1.807, 2.05) is 30.9 Å². The molecule has 0 bridgehead atoms. The van der Waals surface area contributed by atoms with E-state index in [-0.39, 0.29) is 11.8 Å². The second-order valence-electron chi connectivity index (χ2n) is 4.95. The van der Waals surface area contributed by atoms with Crippen molar-refractivity contribution in [3.63, 3.8) is 0 Å². The zero-order valence-electron chi connectivity index (χ0n) is 10.9. The summed E-state index contributed by atoms with van der Waals surface area (Å²) in [5, 5.41) is 0. The van der Waals surface area contributed by atoms with Gasteiger partial charge in [0.05, 0.1) is 0 Å². The van der Waals surface area contributed by atoms with Crippen molar-refractivity contribution in [2.45, 2.75) is 13.8 Å². The Hall–Kier alpha value is -1.03. The Balaban J connectivity index is 1.96. The van der Waals surface area contributed by atoms with Crippen molar-refractivity contribution < 1.29 is 4.79 Å². The third-order valence-electron chi connectivity index (χ3n) is 3.26. The van der Waals surface area contributed by atoms with Gasteiger partial charge in [-0.25, -0.2) is 0 Å². The number of benzene rings is 1. The summed E-state index contributed by atoms with van der Waals surface area (Å²) < 4.78 is 1.10. The Morgan fingerprint density at radius 3 is 2.44 bits per heavy atom. The Labute approximate surface area is 117 Å². The van der Waals surface area contributed by atoms with Crippen LogP contribution >= 0.6 is 15.9 Å². The van der Waals surface area contributed by atoms with Crippen LogP contribution in [-0.4, -0.2) is 37.0 Å². The Morgan fingerprint density at radius 2 is 1.89 bits per heavy atom. The van der Waals surface area contributed by atoms with Gasteiger partial charge in [-0.15, -0.1) is 0 Å². The highest BCUT2D eigenvalue weighted by molar-refractivity contribution is 9.10. The van der Waals surface area contributed by atoms with Gasteiger partial charge >= 0.3 is 0 Å². The number of carbonyl (C=O) groups is 1. The summed E-state index contributed by atoms with van der Waals surface area (Å²) in [7, 11) is 0. The molecular weight excluding hydrogens is 292 g/mol. The number of halogens is 1. The molecule has 0 radical (unpaired) electrons. The van der Waals surface area contributed by atoms with Gasteiger partial charge in [0.2, 0.25) is 5.91 Å². The maximum absolute atomic E-state index is 11.9. The molecule has 1 fully saturated rings. The minimum absolute atomic E-state index is 0.0995. The number of amides is 1. The molecule has 2 rings (SSSR count). The summed E-state index contributed by atoms with van der Waals surface area (Å²) in [5.41, 5.74) is 1.22. The maximum Gasteiger partial charge on any atom is 0.225 e. The van der Waals surface area contributed by atoms with Gasteiger partial charge in [-0.05, 0) is 18.2 Å². The van der Waals surface area contributed by atoms with Crippen molar-refractivity contribution >= 4 is 27.5 Å². The average Bonchev–Trinajstić information content (AvgIpc) is 2.38. The largest absolute Gasteiger partial charge is 0.368 e. The molecule has 0 atom stereocenters. The maximum atomic E-state index is 11.9. The molecule has 0 N–H and O–H groups in total. The molecule has 98 valence electrons. The minimum Gasteiger partial charge on any atom is -0.368 e. The fraction of sp³-hybridized carbons (Fsp3) is 0.500. The van der Waals surface area contributed by atoms with Crippen molar-refractivity contribution in [2.24, 2.45) is 5.92 Å². The molecule has 1 aromatic carbocycles. The number of anilines is 1. The lowest BCUT2D eigenvalue weighted by molar-refractivity contribution is -0.134. The molecule has 4 heteroatoms. The molecule has 0 aromatic heterocycles. The fourth-order valence-electron chi connectivity index (χ4n) is 2.22. The lowest BCUT2D eigenvalue weighted by atomic mass is 10.1. The highest BCUT2D eigenvalue weighted by Crippen LogP contribution is 2.21. The van der Waals surface area contributed by atoms with Crippen molar-refractivity contribution in [1.82, 2.24) is 4.90 Å². The number of piperazine rings is 1. The fourth-order valence-corrected chi connectivity index (χ4v) is 2.61. The minimum atomic E-state index is 0.0995. The molecule has 0 aliphatic carbocycles. The summed E-state index contributed by atoms with van der Waals surface area (Å²) in [6, 6.07) is 8.32. The number of hydrogen-bond acceptors (Lipinski definition) is 2. The Morgan fingerprint density at radius 1 is 1.22 bits per heavy atom. The molecule has 3 nitrogen and oxygen atoms in total. The standard InChI is InChI=1S/C14H19BrN2O/c1-11(2)14(18)17-8-6-16(7-9-17)13-5-3-4-12(15)10-13/h3-5,10-11H,6-9H2,1-2H3. The SMILES string of the molecule is CC(C)C(=O)N1CCN(c2cccc(Br)c2)CC1. The lowest BCUT2D eigenvalue weighted by Gasteiger charge is -2.37. The van der Waals surface area contributed by atoms with Crippen molar-refractivity contribution in [1.29, 1.82) is 0 Å². The predicted molar refractivity (Wildman–Crippen MR) is 77.8 cm³/mol. The summed E-state index contributed by atoms with van der Waals surface area (Å²) in [5.74, 6) is 0.367. The molecule has 0 unspecified atom stereocenters. The smallest absolute Gasteiger partial charge is 0.225 e. The highest BCUT2D eigenvalue weighted by atomic mass is 79.9. The van der Waals surface area contributed by atoms with E-state index in [4.69, 9.17) is 0 Å². The molecule has 1 heterocycles. The predicted octanol–water partition coefficient (Wildman–Crippen LogP) is 2.75. The van der Waals surface area contributed by atoms with Crippen LogP contribution in [0.25, 0.3) is 0 Å². The van der Waals surface area contributed by atoms with Crippen LogP contribution in [-0.2, 0) is 4.79 Å². The number of carbonyl (C=O) groups excluding carboxylic acids is 1. The topological polar surface area (TPSA) is 23.6 Å². The van der Waals surface area contributed by atoms with E-state index < -0.39 is 0 Å². The van der Waals surface area contributed by atoms with Crippen LogP contribution in [0.5, 0.6) is 0 Å². The van der Waals surface area contributed by atoms with E-state index in [2.05, 4.69) is 33.0 Å². The van der Waals surface area contributed by atoms with Crippen LogP contribution in [0, 0.1) is 5.92 Å². The lowest BCUT2D eigenvalue weighted by Crippen LogP contribution is -2.49. The van der Waals surface area contributed by atoms with Gasteiger partial charge < -0.3 is 9.80 Å². The monoisotopic (exact) mass is 310 g/mol. The Bertz CT molecular complexity index is 426. The molecule has 18 heavy (non-hydrogen) atoms. The van der Waals surface area contributed by atoms with Gasteiger partial charge in [0.15, 0.2) is 0 Å². The zero-order chi connectivity index (χ0) is 13.1. The Kier molecular flexibility index (Phi) is 4.27. The number of hydrogen-bond donors (Lipinski definition) is 0. The van der Waals surface area contributed by atoms with Crippen LogP contribution in [0.2, 0.25) is 0 Å². The van der Waals surface area contributed by atoms with Gasteiger partial charge in [-0.1, -0.05) is 35.8 Å². The summed E-state index contributed by atoms with van der Waals surface area (Å²) in [4.78, 5) is 16.2. The molecule has 0 saturated carbocycles. The number of rotatable bonds is 2. The molecule has 1 saturated heterocycles. The highest BCUT2D eigenvalue weighted by Gasteiger charge is 2.22. The first-order chi connectivity index (χ1) is 8.58. The third-order valence-corrected chi connectivity index (χ3v) is 3.75. The summed E-state index contributed by atoms with van der Waals surface area (Å²) >= 11 is 3.49. The van der Waals surface area contributed by atoms with Gasteiger partial charge in [0.25, 0.3) is 0 Å². The van der Waals surface area contributed by atoms with Gasteiger partial charge in [-0.3, -0.25) is 4.79 Å².